The number of hydroxylamine groups is 2. The van der Waals surface area contributed by atoms with E-state index in [1.807, 2.05) is 24.3 Å². The zero-order valence-electron chi connectivity index (χ0n) is 22.3. The first kappa shape index (κ1) is 26.4. The molecule has 6 atom stereocenters. The lowest BCUT2D eigenvalue weighted by molar-refractivity contribution is -0.235. The quantitative estimate of drug-likeness (QED) is 0.205. The molecule has 1 amide bonds. The molecule has 3 saturated carbocycles. The van der Waals surface area contributed by atoms with Crippen molar-refractivity contribution >= 4 is 18.0 Å². The van der Waals surface area contributed by atoms with E-state index in [9.17, 15) is 14.7 Å². The molecule has 216 valence electrons. The predicted octanol–water partition coefficient (Wildman–Crippen LogP) is 0.875. The number of hydrogen-bond donors (Lipinski definition) is 3. The Balaban J connectivity index is 1.18. The molecular formula is C29H36N2O9. The Hall–Kier alpha value is -2.54. The van der Waals surface area contributed by atoms with E-state index in [2.05, 4.69) is 5.32 Å². The summed E-state index contributed by atoms with van der Waals surface area (Å²) in [5.74, 6) is -0.902. The minimum atomic E-state index is -1.23. The summed E-state index contributed by atoms with van der Waals surface area (Å²) in [5, 5.41) is 22.7. The second-order valence-corrected chi connectivity index (χ2v) is 11.8. The molecule has 2 bridgehead atoms. The van der Waals surface area contributed by atoms with E-state index in [4.69, 9.17) is 28.9 Å². The molecule has 3 aliphatic heterocycles. The smallest absolute Gasteiger partial charge is 0.327 e. The van der Waals surface area contributed by atoms with Gasteiger partial charge in [-0.2, -0.15) is 5.06 Å². The Bertz CT molecular complexity index is 1150. The Labute approximate surface area is 232 Å². The van der Waals surface area contributed by atoms with Crippen LogP contribution in [-0.4, -0.2) is 89.8 Å². The highest BCUT2D eigenvalue weighted by Crippen LogP contribution is 2.63. The number of aliphatic hydroxyl groups is 2. The highest BCUT2D eigenvalue weighted by atomic mass is 16.8. The molecule has 3 aliphatic carbocycles. The first-order valence-electron chi connectivity index (χ1n) is 14.4. The number of amides is 1. The fourth-order valence-electron chi connectivity index (χ4n) is 7.16. The fourth-order valence-corrected chi connectivity index (χ4v) is 7.16. The van der Waals surface area contributed by atoms with E-state index in [1.54, 1.807) is 11.1 Å². The summed E-state index contributed by atoms with van der Waals surface area (Å²) in [6, 6.07) is 6.73. The lowest BCUT2D eigenvalue weighted by Crippen LogP contribution is -2.69. The van der Waals surface area contributed by atoms with Gasteiger partial charge in [-0.15, -0.1) is 0 Å². The highest BCUT2D eigenvalue weighted by Gasteiger charge is 2.78. The Morgan fingerprint density at radius 1 is 1.07 bits per heavy atom. The van der Waals surface area contributed by atoms with Crippen molar-refractivity contribution in [3.8, 4) is 0 Å². The lowest BCUT2D eigenvalue weighted by atomic mass is 9.62. The molecule has 6 unspecified atom stereocenters. The minimum Gasteiger partial charge on any atom is -0.499 e. The molecule has 6 fully saturated rings. The average molecular weight is 557 g/mol. The predicted molar refractivity (Wildman–Crippen MR) is 138 cm³/mol. The van der Waals surface area contributed by atoms with Crippen molar-refractivity contribution in [2.24, 2.45) is 17.3 Å². The van der Waals surface area contributed by atoms with Crippen LogP contribution in [-0.2, 0) is 39.9 Å². The summed E-state index contributed by atoms with van der Waals surface area (Å²) in [4.78, 5) is 34.0. The van der Waals surface area contributed by atoms with Crippen LogP contribution in [0.15, 0.2) is 30.5 Å². The van der Waals surface area contributed by atoms with Crippen LogP contribution in [0.2, 0.25) is 0 Å². The van der Waals surface area contributed by atoms with Crippen LogP contribution in [0.1, 0.15) is 43.2 Å². The third-order valence-electron chi connectivity index (χ3n) is 9.19. The third kappa shape index (κ3) is 4.17. The van der Waals surface area contributed by atoms with E-state index in [0.29, 0.717) is 11.8 Å². The second kappa shape index (κ2) is 10.1. The van der Waals surface area contributed by atoms with Gasteiger partial charge in [-0.25, -0.2) is 0 Å². The molecular weight excluding hydrogens is 520 g/mol. The first-order chi connectivity index (χ1) is 19.5. The van der Waals surface area contributed by atoms with Crippen LogP contribution in [0.3, 0.4) is 0 Å². The first-order valence-corrected chi connectivity index (χ1v) is 14.4. The Morgan fingerprint density at radius 2 is 1.80 bits per heavy atom. The van der Waals surface area contributed by atoms with Crippen LogP contribution >= 0.6 is 0 Å². The molecule has 0 spiro atoms. The number of rotatable bonds is 11. The number of nitrogens with one attached hydrogen (secondary N) is 1. The van der Waals surface area contributed by atoms with Crippen molar-refractivity contribution in [2.75, 3.05) is 26.4 Å². The van der Waals surface area contributed by atoms with Gasteiger partial charge in [0.2, 0.25) is 5.91 Å². The van der Waals surface area contributed by atoms with Gasteiger partial charge in [0.1, 0.15) is 36.4 Å². The molecule has 11 heteroatoms. The van der Waals surface area contributed by atoms with Crippen molar-refractivity contribution in [1.82, 2.24) is 10.4 Å². The number of fused-ring (bicyclic) bond motifs is 4. The average Bonchev–Trinajstić information content (AvgIpc) is 3.90. The Morgan fingerprint density at radius 3 is 2.48 bits per heavy atom. The molecule has 7 rings (SSSR count). The number of nitrogens with zero attached hydrogens (tertiary/aromatic N) is 1. The molecule has 11 nitrogen and oxygen atoms in total. The number of carbonyl (C=O) groups is 2. The monoisotopic (exact) mass is 556 g/mol. The van der Waals surface area contributed by atoms with Gasteiger partial charge in [0.15, 0.2) is 11.8 Å². The Kier molecular flexibility index (Phi) is 6.64. The van der Waals surface area contributed by atoms with Crippen LogP contribution < -0.4 is 5.32 Å². The third-order valence-corrected chi connectivity index (χ3v) is 9.19. The lowest BCUT2D eigenvalue weighted by Gasteiger charge is -2.48. The van der Waals surface area contributed by atoms with Crippen molar-refractivity contribution in [2.45, 2.75) is 74.9 Å². The number of ether oxygens (including phenoxy) is 4. The van der Waals surface area contributed by atoms with Gasteiger partial charge in [-0.05, 0) is 42.9 Å². The fraction of sp³-hybridized carbons (Fsp3) is 0.655. The summed E-state index contributed by atoms with van der Waals surface area (Å²) in [5.41, 5.74) is 0.571. The molecule has 3 saturated heterocycles. The number of esters is 1. The van der Waals surface area contributed by atoms with Gasteiger partial charge in [-0.3, -0.25) is 14.4 Å². The second-order valence-electron chi connectivity index (χ2n) is 11.8. The van der Waals surface area contributed by atoms with Gasteiger partial charge in [0.25, 0.3) is 0 Å². The largest absolute Gasteiger partial charge is 0.499 e. The molecule has 40 heavy (non-hydrogen) atoms. The van der Waals surface area contributed by atoms with Gasteiger partial charge < -0.3 is 34.5 Å². The number of hydrogen-bond acceptors (Lipinski definition) is 10. The molecule has 3 N–H and O–H groups in total. The van der Waals surface area contributed by atoms with Gasteiger partial charge >= 0.3 is 5.97 Å². The molecule has 0 radical (unpaired) electrons. The maximum absolute atomic E-state index is 13.9. The van der Waals surface area contributed by atoms with E-state index in [-0.39, 0.29) is 45.2 Å². The summed E-state index contributed by atoms with van der Waals surface area (Å²) in [6.07, 6.45) is 5.40. The highest BCUT2D eigenvalue weighted by molar-refractivity contribution is 5.93. The zero-order chi connectivity index (χ0) is 27.5. The van der Waals surface area contributed by atoms with Crippen molar-refractivity contribution in [3.63, 3.8) is 0 Å². The van der Waals surface area contributed by atoms with Crippen LogP contribution in [0.5, 0.6) is 0 Å². The maximum Gasteiger partial charge on any atom is 0.327 e. The SMILES string of the molecule is O=C1OC2CC3(C(=O)NCCO)C(ON(Cc4ccc(C=COCCO)cc4)C13)C1OC(C3CC3)(C3CC3)OC21. The van der Waals surface area contributed by atoms with Gasteiger partial charge in [0.05, 0.1) is 26.0 Å². The van der Waals surface area contributed by atoms with E-state index >= 15 is 0 Å². The van der Waals surface area contributed by atoms with E-state index in [0.717, 1.165) is 36.8 Å². The normalized spacial score (nSPS) is 36.0. The van der Waals surface area contributed by atoms with Crippen LogP contribution in [0.25, 0.3) is 6.08 Å². The standard InChI is InChI=1S/C29H36N2O9/c32-11-10-30-27(35)28-15-21-22-23(39-29(38-22,19-5-6-19)20-7-8-20)25(28)40-31(24(28)26(34)37-21)16-18-3-1-17(2-4-18)9-13-36-14-12-33/h1-4,9,13,19-25,32-33H,5-8,10-12,14-16H2,(H,30,35). The van der Waals surface area contributed by atoms with Crippen molar-refractivity contribution < 1.29 is 43.6 Å². The van der Waals surface area contributed by atoms with E-state index < -0.39 is 47.6 Å². The van der Waals surface area contributed by atoms with Crippen LogP contribution in [0, 0.1) is 17.3 Å². The topological polar surface area (TPSA) is 136 Å². The van der Waals surface area contributed by atoms with E-state index in [1.165, 1.54) is 6.26 Å². The zero-order valence-corrected chi connectivity index (χ0v) is 22.3. The van der Waals surface area contributed by atoms with Gasteiger partial charge in [-0.1, -0.05) is 24.3 Å². The summed E-state index contributed by atoms with van der Waals surface area (Å²) >= 11 is 0. The van der Waals surface area contributed by atoms with Gasteiger partial charge in [0, 0.05) is 24.8 Å². The molecule has 0 aromatic heterocycles. The van der Waals surface area contributed by atoms with Crippen LogP contribution in [0.4, 0.5) is 0 Å². The number of benzene rings is 1. The summed E-state index contributed by atoms with van der Waals surface area (Å²) < 4.78 is 24.7. The maximum atomic E-state index is 13.9. The van der Waals surface area contributed by atoms with Crippen molar-refractivity contribution in [3.05, 3.63) is 41.7 Å². The summed E-state index contributed by atoms with van der Waals surface area (Å²) in [6.45, 7) is 0.309. The molecule has 1 aromatic carbocycles. The molecule has 6 aliphatic rings. The number of carbonyl (C=O) groups excluding carboxylic acids is 2. The molecule has 1 aromatic rings. The minimum absolute atomic E-state index is 0.0507. The number of aliphatic hydroxyl groups excluding tert-OH is 2. The van der Waals surface area contributed by atoms with Crippen molar-refractivity contribution in [1.29, 1.82) is 0 Å². The summed E-state index contributed by atoms with van der Waals surface area (Å²) in [7, 11) is 0. The molecule has 3 heterocycles.